The number of carbonyl (C=O) groups is 1. The normalized spacial score (nSPS) is 24.2. The summed E-state index contributed by atoms with van der Waals surface area (Å²) in [4.78, 5) is 14.9. The van der Waals surface area contributed by atoms with E-state index in [4.69, 9.17) is 9.47 Å². The Labute approximate surface area is 154 Å². The predicted molar refractivity (Wildman–Crippen MR) is 101 cm³/mol. The molecule has 5 nitrogen and oxygen atoms in total. The molecule has 2 aliphatic heterocycles. The first-order valence-corrected chi connectivity index (χ1v) is 10.3. The number of ether oxygens (including phenoxy) is 2. The minimum Gasteiger partial charge on any atom is -0.494 e. The molecule has 2 fully saturated rings. The van der Waals surface area contributed by atoms with Crippen molar-refractivity contribution in [3.8, 4) is 5.75 Å². The molecule has 1 aromatic rings. The van der Waals surface area contributed by atoms with Gasteiger partial charge in [0.25, 0.3) is 0 Å². The van der Waals surface area contributed by atoms with Crippen molar-refractivity contribution in [2.75, 3.05) is 51.0 Å². The smallest absolute Gasteiger partial charge is 0.224 e. The summed E-state index contributed by atoms with van der Waals surface area (Å²) in [7, 11) is 0. The van der Waals surface area contributed by atoms with Gasteiger partial charge in [-0.05, 0) is 36.8 Å². The van der Waals surface area contributed by atoms with Crippen molar-refractivity contribution in [2.45, 2.75) is 25.3 Å². The van der Waals surface area contributed by atoms with Gasteiger partial charge in [0, 0.05) is 30.9 Å². The molecule has 0 radical (unpaired) electrons. The van der Waals surface area contributed by atoms with Crippen LogP contribution in [0.5, 0.6) is 5.75 Å². The first kappa shape index (κ1) is 18.5. The number of hydrogen-bond acceptors (Lipinski definition) is 5. The van der Waals surface area contributed by atoms with Gasteiger partial charge in [0.2, 0.25) is 5.91 Å². The zero-order valence-electron chi connectivity index (χ0n) is 15.0. The van der Waals surface area contributed by atoms with E-state index in [0.717, 1.165) is 56.3 Å². The standard InChI is InChI=1S/C19H28N2O3S/c1-2-24-17-5-3-16(4-6-17)13-18(22)20-14-19(7-12-25-15-19)21-8-10-23-11-9-21/h3-6H,2,7-15H2,1H3,(H,20,22). The fraction of sp³-hybridized carbons (Fsp3) is 0.632. The number of hydrogen-bond donors (Lipinski definition) is 1. The van der Waals surface area contributed by atoms with E-state index in [2.05, 4.69) is 10.2 Å². The Hall–Kier alpha value is -1.24. The van der Waals surface area contributed by atoms with Gasteiger partial charge in [-0.15, -0.1) is 0 Å². The van der Waals surface area contributed by atoms with Crippen LogP contribution in [0, 0.1) is 0 Å². The zero-order valence-corrected chi connectivity index (χ0v) is 15.8. The quantitative estimate of drug-likeness (QED) is 0.801. The van der Waals surface area contributed by atoms with Gasteiger partial charge in [-0.3, -0.25) is 9.69 Å². The van der Waals surface area contributed by atoms with E-state index >= 15 is 0 Å². The van der Waals surface area contributed by atoms with Crippen LogP contribution in [0.3, 0.4) is 0 Å². The van der Waals surface area contributed by atoms with Crippen molar-refractivity contribution in [3.63, 3.8) is 0 Å². The average molecular weight is 365 g/mol. The van der Waals surface area contributed by atoms with Crippen molar-refractivity contribution in [2.24, 2.45) is 0 Å². The van der Waals surface area contributed by atoms with Crippen molar-refractivity contribution >= 4 is 17.7 Å². The second-order valence-electron chi connectivity index (χ2n) is 6.66. The number of nitrogens with zero attached hydrogens (tertiary/aromatic N) is 1. The Morgan fingerprint density at radius 3 is 2.72 bits per heavy atom. The van der Waals surface area contributed by atoms with E-state index in [9.17, 15) is 4.79 Å². The molecule has 1 N–H and O–H groups in total. The number of carbonyl (C=O) groups excluding carboxylic acids is 1. The summed E-state index contributed by atoms with van der Waals surface area (Å²) < 4.78 is 10.9. The Balaban J connectivity index is 1.53. The second kappa shape index (κ2) is 8.92. The Kier molecular flexibility index (Phi) is 6.62. The van der Waals surface area contributed by atoms with E-state index in [0.29, 0.717) is 13.0 Å². The van der Waals surface area contributed by atoms with Gasteiger partial charge < -0.3 is 14.8 Å². The zero-order chi connectivity index (χ0) is 17.5. The number of benzene rings is 1. The molecule has 1 aromatic carbocycles. The molecule has 0 saturated carbocycles. The predicted octanol–water partition coefficient (Wildman–Crippen LogP) is 1.95. The lowest BCUT2D eigenvalue weighted by Crippen LogP contribution is -2.59. The number of amides is 1. The van der Waals surface area contributed by atoms with Gasteiger partial charge in [-0.2, -0.15) is 11.8 Å². The Morgan fingerprint density at radius 2 is 2.08 bits per heavy atom. The molecule has 1 atom stereocenters. The SMILES string of the molecule is CCOc1ccc(CC(=O)NCC2(N3CCOCC3)CCSC2)cc1. The largest absolute Gasteiger partial charge is 0.494 e. The van der Waals surface area contributed by atoms with Crippen LogP contribution >= 0.6 is 11.8 Å². The maximum absolute atomic E-state index is 12.4. The summed E-state index contributed by atoms with van der Waals surface area (Å²) in [6, 6.07) is 7.78. The van der Waals surface area contributed by atoms with Crippen LogP contribution < -0.4 is 10.1 Å². The van der Waals surface area contributed by atoms with E-state index in [1.807, 2.05) is 43.0 Å². The van der Waals surface area contributed by atoms with Gasteiger partial charge >= 0.3 is 0 Å². The number of morpholine rings is 1. The molecule has 0 aromatic heterocycles. The highest BCUT2D eigenvalue weighted by molar-refractivity contribution is 7.99. The molecule has 0 spiro atoms. The van der Waals surface area contributed by atoms with Crippen molar-refractivity contribution in [1.29, 1.82) is 0 Å². The van der Waals surface area contributed by atoms with Crippen LogP contribution in [0.1, 0.15) is 18.9 Å². The van der Waals surface area contributed by atoms with Crippen LogP contribution in [-0.4, -0.2) is 67.3 Å². The van der Waals surface area contributed by atoms with Crippen LogP contribution in [0.15, 0.2) is 24.3 Å². The van der Waals surface area contributed by atoms with Crippen LogP contribution in [0.4, 0.5) is 0 Å². The number of nitrogens with one attached hydrogen (secondary N) is 1. The Morgan fingerprint density at radius 1 is 1.32 bits per heavy atom. The molecule has 6 heteroatoms. The summed E-state index contributed by atoms with van der Waals surface area (Å²) in [5.41, 5.74) is 1.12. The number of thioether (sulfide) groups is 1. The van der Waals surface area contributed by atoms with Crippen LogP contribution in [0.2, 0.25) is 0 Å². The molecule has 1 unspecified atom stereocenters. The summed E-state index contributed by atoms with van der Waals surface area (Å²) >= 11 is 1.99. The van der Waals surface area contributed by atoms with Gasteiger partial charge in [0.05, 0.1) is 26.2 Å². The monoisotopic (exact) mass is 364 g/mol. The highest BCUT2D eigenvalue weighted by Gasteiger charge is 2.40. The average Bonchev–Trinajstić information content (AvgIpc) is 3.13. The van der Waals surface area contributed by atoms with Gasteiger partial charge in [-0.25, -0.2) is 0 Å². The first-order chi connectivity index (χ1) is 12.2. The molecule has 1 amide bonds. The van der Waals surface area contributed by atoms with E-state index < -0.39 is 0 Å². The summed E-state index contributed by atoms with van der Waals surface area (Å²) in [6.07, 6.45) is 1.56. The Bertz CT molecular complexity index is 552. The molecule has 0 aliphatic carbocycles. The van der Waals surface area contributed by atoms with Crippen molar-refractivity contribution < 1.29 is 14.3 Å². The fourth-order valence-corrected chi connectivity index (χ4v) is 4.99. The van der Waals surface area contributed by atoms with Gasteiger partial charge in [0.15, 0.2) is 0 Å². The minimum atomic E-state index is 0.0914. The number of rotatable bonds is 7. The molecule has 25 heavy (non-hydrogen) atoms. The maximum atomic E-state index is 12.4. The molecule has 3 rings (SSSR count). The fourth-order valence-electron chi connectivity index (χ4n) is 3.52. The molecule has 2 saturated heterocycles. The minimum absolute atomic E-state index is 0.0914. The van der Waals surface area contributed by atoms with E-state index in [1.54, 1.807) is 0 Å². The highest BCUT2D eigenvalue weighted by Crippen LogP contribution is 2.33. The van der Waals surface area contributed by atoms with Crippen LogP contribution in [0.25, 0.3) is 0 Å². The van der Waals surface area contributed by atoms with Crippen molar-refractivity contribution in [1.82, 2.24) is 10.2 Å². The van der Waals surface area contributed by atoms with Gasteiger partial charge in [-0.1, -0.05) is 12.1 Å². The van der Waals surface area contributed by atoms with E-state index in [1.165, 1.54) is 5.75 Å². The summed E-state index contributed by atoms with van der Waals surface area (Å²) in [5, 5.41) is 3.18. The van der Waals surface area contributed by atoms with Gasteiger partial charge in [0.1, 0.15) is 5.75 Å². The second-order valence-corrected chi connectivity index (χ2v) is 7.76. The van der Waals surface area contributed by atoms with Crippen LogP contribution in [-0.2, 0) is 16.0 Å². The third kappa shape index (κ3) is 4.90. The molecule has 2 heterocycles. The lowest BCUT2D eigenvalue weighted by atomic mass is 9.95. The molecular weight excluding hydrogens is 336 g/mol. The van der Waals surface area contributed by atoms with Crippen molar-refractivity contribution in [3.05, 3.63) is 29.8 Å². The lowest BCUT2D eigenvalue weighted by molar-refractivity contribution is -0.121. The molecule has 2 aliphatic rings. The lowest BCUT2D eigenvalue weighted by Gasteiger charge is -2.43. The summed E-state index contributed by atoms with van der Waals surface area (Å²) in [6.45, 7) is 6.88. The molecule has 138 valence electrons. The maximum Gasteiger partial charge on any atom is 0.224 e. The molecular formula is C19H28N2O3S. The summed E-state index contributed by atoms with van der Waals surface area (Å²) in [5.74, 6) is 3.21. The van der Waals surface area contributed by atoms with E-state index in [-0.39, 0.29) is 11.4 Å². The molecule has 0 bridgehead atoms. The third-order valence-electron chi connectivity index (χ3n) is 4.98. The third-order valence-corrected chi connectivity index (χ3v) is 6.21. The highest BCUT2D eigenvalue weighted by atomic mass is 32.2. The topological polar surface area (TPSA) is 50.8 Å². The first-order valence-electron chi connectivity index (χ1n) is 9.11.